The van der Waals surface area contributed by atoms with Gasteiger partial charge in [0.15, 0.2) is 0 Å². The molecule has 0 aromatic carbocycles. The van der Waals surface area contributed by atoms with Crippen molar-refractivity contribution in [1.82, 2.24) is 0 Å². The van der Waals surface area contributed by atoms with E-state index in [1.165, 1.54) is 0 Å². The minimum Gasteiger partial charge on any atom is -0.323 e. The number of hydrogen-bond donors (Lipinski definition) is 0. The lowest BCUT2D eigenvalue weighted by Crippen LogP contribution is -2.00. The first-order chi connectivity index (χ1) is 4.05. The number of rotatable bonds is 0. The third kappa shape index (κ3) is 0.986. The lowest BCUT2D eigenvalue weighted by molar-refractivity contribution is 0.574. The summed E-state index contributed by atoms with van der Waals surface area (Å²) in [5.41, 5.74) is 0.625. The summed E-state index contributed by atoms with van der Waals surface area (Å²) in [5, 5.41) is 0. The van der Waals surface area contributed by atoms with Gasteiger partial charge in [0.05, 0.1) is 7.14 Å². The summed E-state index contributed by atoms with van der Waals surface area (Å²) in [6.45, 7) is 5.95. The third-order valence-corrected chi connectivity index (χ3v) is 5.86. The maximum atomic E-state index is 11.6. The first-order valence-electron chi connectivity index (χ1n) is 3.30. The minimum absolute atomic E-state index is 0.312. The molecule has 2 heteroatoms. The average molecular weight is 144 g/mol. The molecule has 0 bridgehead atoms. The van der Waals surface area contributed by atoms with Gasteiger partial charge in [0, 0.05) is 11.3 Å². The van der Waals surface area contributed by atoms with E-state index in [4.69, 9.17) is 0 Å². The van der Waals surface area contributed by atoms with Crippen molar-refractivity contribution in [2.45, 2.75) is 25.2 Å². The summed E-state index contributed by atoms with van der Waals surface area (Å²) in [6.07, 6.45) is 4.12. The fraction of sp³-hybridized carbons (Fsp3) is 0.714. The van der Waals surface area contributed by atoms with Crippen molar-refractivity contribution in [3.8, 4) is 0 Å². The summed E-state index contributed by atoms with van der Waals surface area (Å²) >= 11 is 0. The van der Waals surface area contributed by atoms with Crippen molar-refractivity contribution in [2.75, 3.05) is 6.66 Å². The number of allylic oxidation sites excluding steroid dienone is 2. The molecule has 0 amide bonds. The van der Waals surface area contributed by atoms with Crippen LogP contribution in [0.15, 0.2) is 12.2 Å². The van der Waals surface area contributed by atoms with E-state index in [1.807, 2.05) is 20.5 Å². The van der Waals surface area contributed by atoms with E-state index in [2.05, 4.69) is 12.2 Å². The second-order valence-corrected chi connectivity index (χ2v) is 6.67. The second kappa shape index (κ2) is 1.98. The molecule has 0 aromatic heterocycles. The van der Waals surface area contributed by atoms with Crippen LogP contribution in [0.5, 0.6) is 0 Å². The highest BCUT2D eigenvalue weighted by Gasteiger charge is 2.31. The maximum absolute atomic E-state index is 11.6. The lowest BCUT2D eigenvalue weighted by Gasteiger charge is -2.14. The lowest BCUT2D eigenvalue weighted by atomic mass is 10.4. The smallest absolute Gasteiger partial charge is 0.0972 e. The monoisotopic (exact) mass is 144 g/mol. The molecule has 0 saturated heterocycles. The summed E-state index contributed by atoms with van der Waals surface area (Å²) < 4.78 is 11.6. The first kappa shape index (κ1) is 7.08. The van der Waals surface area contributed by atoms with Crippen LogP contribution in [0.3, 0.4) is 0 Å². The minimum atomic E-state index is -1.84. The molecule has 2 atom stereocenters. The van der Waals surface area contributed by atoms with E-state index in [0.717, 1.165) is 0 Å². The molecule has 0 aliphatic carbocycles. The summed E-state index contributed by atoms with van der Waals surface area (Å²) in [5.74, 6) is 0. The molecular weight excluding hydrogens is 131 g/mol. The van der Waals surface area contributed by atoms with Crippen molar-refractivity contribution < 1.29 is 4.57 Å². The number of hydrogen-bond acceptors (Lipinski definition) is 1. The van der Waals surface area contributed by atoms with Gasteiger partial charge in [0.2, 0.25) is 0 Å². The fourth-order valence-electron chi connectivity index (χ4n) is 1.03. The van der Waals surface area contributed by atoms with Crippen LogP contribution in [0.4, 0.5) is 0 Å². The van der Waals surface area contributed by atoms with Crippen molar-refractivity contribution in [3.05, 3.63) is 12.2 Å². The molecule has 52 valence electrons. The van der Waals surface area contributed by atoms with Gasteiger partial charge in [-0.05, 0) is 6.66 Å². The van der Waals surface area contributed by atoms with Crippen LogP contribution in [-0.4, -0.2) is 18.0 Å². The zero-order chi connectivity index (χ0) is 7.07. The van der Waals surface area contributed by atoms with E-state index in [1.54, 1.807) is 0 Å². The van der Waals surface area contributed by atoms with Crippen LogP contribution in [-0.2, 0) is 4.57 Å². The Morgan fingerprint density at radius 2 is 1.56 bits per heavy atom. The normalized spacial score (nSPS) is 50.1. The summed E-state index contributed by atoms with van der Waals surface area (Å²) in [4.78, 5) is 0. The van der Waals surface area contributed by atoms with Crippen LogP contribution in [0.1, 0.15) is 13.8 Å². The quantitative estimate of drug-likeness (QED) is 0.376. The van der Waals surface area contributed by atoms with Gasteiger partial charge in [-0.1, -0.05) is 26.0 Å². The molecule has 0 N–H and O–H groups in total. The molecule has 0 fully saturated rings. The zero-order valence-electron chi connectivity index (χ0n) is 6.16. The molecule has 9 heavy (non-hydrogen) atoms. The van der Waals surface area contributed by atoms with Crippen LogP contribution in [0, 0.1) is 0 Å². The molecule has 0 aromatic rings. The Kier molecular flexibility index (Phi) is 1.56. The Morgan fingerprint density at radius 3 is 1.67 bits per heavy atom. The molecule has 1 nitrogen and oxygen atoms in total. The molecule has 0 saturated carbocycles. The average Bonchev–Trinajstić information content (AvgIpc) is 1.96. The van der Waals surface area contributed by atoms with Gasteiger partial charge < -0.3 is 4.57 Å². The second-order valence-electron chi connectivity index (χ2n) is 2.92. The Balaban J connectivity index is 2.89. The Labute approximate surface area is 56.5 Å². The van der Waals surface area contributed by atoms with Gasteiger partial charge in [0.1, 0.15) is 0 Å². The fourth-order valence-corrected chi connectivity index (χ4v) is 2.66. The van der Waals surface area contributed by atoms with Crippen LogP contribution in [0.25, 0.3) is 0 Å². The van der Waals surface area contributed by atoms with E-state index in [0.29, 0.717) is 11.3 Å². The van der Waals surface area contributed by atoms with E-state index in [-0.39, 0.29) is 0 Å². The van der Waals surface area contributed by atoms with Gasteiger partial charge in [-0.2, -0.15) is 0 Å². The molecule has 1 rings (SSSR count). The predicted molar refractivity (Wildman–Crippen MR) is 41.6 cm³/mol. The molecule has 1 aliphatic heterocycles. The van der Waals surface area contributed by atoms with E-state index >= 15 is 0 Å². The SMILES string of the molecule is CC1C=CC(C)P1(C)=O. The third-order valence-electron chi connectivity index (χ3n) is 2.29. The van der Waals surface area contributed by atoms with Crippen LogP contribution in [0.2, 0.25) is 0 Å². The standard InChI is InChI=1S/C7H13OP/c1-6-4-5-7(2)9(6,3)8/h4-7H,1-3H3. The molecule has 0 radical (unpaired) electrons. The highest BCUT2D eigenvalue weighted by Crippen LogP contribution is 2.56. The highest BCUT2D eigenvalue weighted by atomic mass is 31.2. The van der Waals surface area contributed by atoms with Gasteiger partial charge in [0.25, 0.3) is 0 Å². The molecule has 0 spiro atoms. The molecule has 2 unspecified atom stereocenters. The first-order valence-corrected chi connectivity index (χ1v) is 5.59. The van der Waals surface area contributed by atoms with Crippen molar-refractivity contribution in [3.63, 3.8) is 0 Å². The summed E-state index contributed by atoms with van der Waals surface area (Å²) in [7, 11) is -1.84. The van der Waals surface area contributed by atoms with Crippen molar-refractivity contribution in [2.24, 2.45) is 0 Å². The Hall–Kier alpha value is -0.0300. The largest absolute Gasteiger partial charge is 0.323 e. The van der Waals surface area contributed by atoms with Gasteiger partial charge >= 0.3 is 0 Å². The maximum Gasteiger partial charge on any atom is 0.0972 e. The Bertz CT molecular complexity index is 167. The van der Waals surface area contributed by atoms with Gasteiger partial charge in [-0.25, -0.2) is 0 Å². The molecular formula is C7H13OP. The van der Waals surface area contributed by atoms with Crippen molar-refractivity contribution >= 4 is 7.14 Å². The van der Waals surface area contributed by atoms with E-state index in [9.17, 15) is 4.57 Å². The van der Waals surface area contributed by atoms with Crippen molar-refractivity contribution in [1.29, 1.82) is 0 Å². The topological polar surface area (TPSA) is 17.1 Å². The zero-order valence-corrected chi connectivity index (χ0v) is 7.06. The van der Waals surface area contributed by atoms with Gasteiger partial charge in [-0.15, -0.1) is 0 Å². The highest BCUT2D eigenvalue weighted by molar-refractivity contribution is 7.65. The van der Waals surface area contributed by atoms with Gasteiger partial charge in [-0.3, -0.25) is 0 Å². The Morgan fingerprint density at radius 1 is 1.22 bits per heavy atom. The summed E-state index contributed by atoms with van der Waals surface area (Å²) in [6, 6.07) is 0. The predicted octanol–water partition coefficient (Wildman–Crippen LogP) is 2.33. The van der Waals surface area contributed by atoms with E-state index < -0.39 is 7.14 Å². The van der Waals surface area contributed by atoms with Crippen LogP contribution < -0.4 is 0 Å². The molecule has 1 heterocycles. The molecule has 1 aliphatic rings. The van der Waals surface area contributed by atoms with Crippen LogP contribution >= 0.6 is 7.14 Å².